The Morgan fingerprint density at radius 2 is 1.61 bits per heavy atom. The minimum Gasteiger partial charge on any atom is -0.494 e. The van der Waals surface area contributed by atoms with Crippen molar-refractivity contribution in [3.63, 3.8) is 0 Å². The molecule has 0 saturated carbocycles. The Bertz CT molecular complexity index is 1260. The van der Waals surface area contributed by atoms with E-state index in [4.69, 9.17) is 22.3 Å². The van der Waals surface area contributed by atoms with Crippen LogP contribution >= 0.6 is 11.6 Å². The molecule has 0 atom stereocenters. The van der Waals surface area contributed by atoms with Crippen LogP contribution in [-0.2, 0) is 5.54 Å². The van der Waals surface area contributed by atoms with E-state index in [-0.39, 0.29) is 19.1 Å². The zero-order chi connectivity index (χ0) is 23.4. The molecule has 0 aliphatic heterocycles. The number of H-pyrrole nitrogens is 1. The van der Waals surface area contributed by atoms with Crippen LogP contribution in [0, 0.1) is 0 Å². The molecule has 0 fully saturated rings. The summed E-state index contributed by atoms with van der Waals surface area (Å²) in [5, 5.41) is 31.0. The van der Waals surface area contributed by atoms with E-state index in [1.54, 1.807) is 12.1 Å². The van der Waals surface area contributed by atoms with Crippen molar-refractivity contribution in [2.75, 3.05) is 13.2 Å². The zero-order valence-electron chi connectivity index (χ0n) is 18.0. The van der Waals surface area contributed by atoms with Crippen LogP contribution in [0.3, 0.4) is 0 Å². The van der Waals surface area contributed by atoms with Gasteiger partial charge in [-0.3, -0.25) is 0 Å². The number of aliphatic hydroxyl groups is 2. The third-order valence-corrected chi connectivity index (χ3v) is 6.06. The number of nitrogens with zero attached hydrogens (tertiary/aromatic N) is 1. The fourth-order valence-electron chi connectivity index (χ4n) is 4.07. The van der Waals surface area contributed by atoms with Crippen molar-refractivity contribution >= 4 is 33.9 Å². The molecule has 0 radical (unpaired) electrons. The standard InChI is InChI=1S/C26H26ClN3O3/c27-19-8-11-21-22(16-19)30-25(33)23(21)24(17-4-2-1-3-5-17)29-20-9-6-18(7-10-20)26(28,12-14-31)13-15-32/h1-11,16,30-33H,12-15,28H2. The summed E-state index contributed by atoms with van der Waals surface area (Å²) in [7, 11) is 0. The minimum absolute atomic E-state index is 0.0124. The normalized spacial score (nSPS) is 12.4. The van der Waals surface area contributed by atoms with Crippen LogP contribution in [0.2, 0.25) is 5.02 Å². The first-order chi connectivity index (χ1) is 15.9. The number of hydrogen-bond donors (Lipinski definition) is 5. The van der Waals surface area contributed by atoms with Crippen LogP contribution < -0.4 is 5.73 Å². The van der Waals surface area contributed by atoms with Gasteiger partial charge in [0.15, 0.2) is 5.88 Å². The number of benzene rings is 3. The van der Waals surface area contributed by atoms with Crippen LogP contribution in [-0.4, -0.2) is 39.2 Å². The molecule has 0 amide bonds. The fourth-order valence-corrected chi connectivity index (χ4v) is 4.24. The number of aliphatic hydroxyl groups excluding tert-OH is 2. The average Bonchev–Trinajstić information content (AvgIpc) is 3.13. The Morgan fingerprint density at radius 3 is 2.24 bits per heavy atom. The second kappa shape index (κ2) is 9.77. The highest BCUT2D eigenvalue weighted by Gasteiger charge is 2.26. The molecule has 4 rings (SSSR count). The van der Waals surface area contributed by atoms with E-state index in [0.29, 0.717) is 34.8 Å². The highest BCUT2D eigenvalue weighted by molar-refractivity contribution is 6.31. The molecule has 6 N–H and O–H groups in total. The van der Waals surface area contributed by atoms with Crippen molar-refractivity contribution in [3.05, 3.63) is 94.5 Å². The summed E-state index contributed by atoms with van der Waals surface area (Å²) in [6, 6.07) is 22.5. The van der Waals surface area contributed by atoms with Crippen molar-refractivity contribution in [1.82, 2.24) is 4.98 Å². The molecule has 0 aliphatic carbocycles. The number of nitrogens with one attached hydrogen (secondary N) is 1. The monoisotopic (exact) mass is 463 g/mol. The van der Waals surface area contributed by atoms with Gasteiger partial charge in [0.25, 0.3) is 0 Å². The molecule has 4 aromatic rings. The second-order valence-corrected chi connectivity index (χ2v) is 8.45. The Kier molecular flexibility index (Phi) is 6.81. The summed E-state index contributed by atoms with van der Waals surface area (Å²) in [5.74, 6) is 0.0124. The predicted octanol–water partition coefficient (Wildman–Crippen LogP) is 4.61. The molecule has 0 bridgehead atoms. The Labute approximate surface area is 197 Å². The highest BCUT2D eigenvalue weighted by atomic mass is 35.5. The van der Waals surface area contributed by atoms with Crippen LogP contribution in [0.1, 0.15) is 29.5 Å². The Balaban J connectivity index is 1.82. The lowest BCUT2D eigenvalue weighted by Crippen LogP contribution is -2.38. The van der Waals surface area contributed by atoms with E-state index < -0.39 is 5.54 Å². The fraction of sp³-hybridized carbons (Fsp3) is 0.192. The van der Waals surface area contributed by atoms with Crippen molar-refractivity contribution in [1.29, 1.82) is 0 Å². The lowest BCUT2D eigenvalue weighted by atomic mass is 9.85. The summed E-state index contributed by atoms with van der Waals surface area (Å²) in [4.78, 5) is 7.87. The maximum Gasteiger partial charge on any atom is 0.199 e. The number of nitrogens with two attached hydrogens (primary N) is 1. The molecular weight excluding hydrogens is 438 g/mol. The largest absolute Gasteiger partial charge is 0.494 e. The number of fused-ring (bicyclic) bond motifs is 1. The molecule has 0 saturated heterocycles. The first kappa shape index (κ1) is 23.0. The van der Waals surface area contributed by atoms with E-state index in [1.165, 1.54) is 0 Å². The van der Waals surface area contributed by atoms with Gasteiger partial charge in [-0.25, -0.2) is 4.99 Å². The highest BCUT2D eigenvalue weighted by Crippen LogP contribution is 2.33. The maximum absolute atomic E-state index is 10.8. The average molecular weight is 464 g/mol. The van der Waals surface area contributed by atoms with Gasteiger partial charge in [0, 0.05) is 34.7 Å². The number of aromatic nitrogens is 1. The molecule has 33 heavy (non-hydrogen) atoms. The number of aromatic hydroxyl groups is 1. The summed E-state index contributed by atoms with van der Waals surface area (Å²) in [5.41, 5.74) is 9.89. The number of halogens is 1. The second-order valence-electron chi connectivity index (χ2n) is 8.02. The van der Waals surface area contributed by atoms with Gasteiger partial charge < -0.3 is 26.0 Å². The van der Waals surface area contributed by atoms with E-state index in [0.717, 1.165) is 22.0 Å². The van der Waals surface area contributed by atoms with Crippen LogP contribution in [0.25, 0.3) is 10.9 Å². The van der Waals surface area contributed by atoms with E-state index in [9.17, 15) is 15.3 Å². The quantitative estimate of drug-likeness (QED) is 0.245. The van der Waals surface area contributed by atoms with Gasteiger partial charge in [-0.2, -0.15) is 0 Å². The molecule has 6 nitrogen and oxygen atoms in total. The van der Waals surface area contributed by atoms with Gasteiger partial charge in [-0.15, -0.1) is 0 Å². The number of hydrogen-bond acceptors (Lipinski definition) is 5. The number of rotatable bonds is 8. The molecule has 170 valence electrons. The third-order valence-electron chi connectivity index (χ3n) is 5.82. The molecule has 7 heteroatoms. The molecular formula is C26H26ClN3O3. The van der Waals surface area contributed by atoms with Crippen LogP contribution in [0.4, 0.5) is 5.69 Å². The Morgan fingerprint density at radius 1 is 0.939 bits per heavy atom. The van der Waals surface area contributed by atoms with Gasteiger partial charge in [0.05, 0.1) is 22.5 Å². The zero-order valence-corrected chi connectivity index (χ0v) is 18.8. The van der Waals surface area contributed by atoms with Gasteiger partial charge in [-0.1, -0.05) is 60.1 Å². The smallest absolute Gasteiger partial charge is 0.199 e. The van der Waals surface area contributed by atoms with Crippen molar-refractivity contribution in [3.8, 4) is 5.88 Å². The van der Waals surface area contributed by atoms with E-state index in [1.807, 2.05) is 60.7 Å². The SMILES string of the molecule is NC(CCO)(CCO)c1ccc(N=C(c2ccccc2)c2c(O)[nH]c3cc(Cl)ccc23)cc1. The molecule has 1 aromatic heterocycles. The number of aliphatic imine (C=N–C) groups is 1. The van der Waals surface area contributed by atoms with Gasteiger partial charge in [0.1, 0.15) is 0 Å². The first-order valence-corrected chi connectivity index (χ1v) is 11.1. The Hall–Kier alpha value is -3.16. The number of aromatic amines is 1. The van der Waals surface area contributed by atoms with Gasteiger partial charge >= 0.3 is 0 Å². The molecule has 1 heterocycles. The van der Waals surface area contributed by atoms with Crippen LogP contribution in [0.15, 0.2) is 77.8 Å². The topological polar surface area (TPSA) is 115 Å². The van der Waals surface area contributed by atoms with E-state index >= 15 is 0 Å². The molecule has 0 unspecified atom stereocenters. The maximum atomic E-state index is 10.8. The predicted molar refractivity (Wildman–Crippen MR) is 132 cm³/mol. The van der Waals surface area contributed by atoms with Crippen LogP contribution in [0.5, 0.6) is 5.88 Å². The van der Waals surface area contributed by atoms with Crippen molar-refractivity contribution in [2.45, 2.75) is 18.4 Å². The lowest BCUT2D eigenvalue weighted by molar-refractivity contribution is 0.193. The summed E-state index contributed by atoms with van der Waals surface area (Å²) in [6.45, 7) is -0.142. The van der Waals surface area contributed by atoms with E-state index in [2.05, 4.69) is 4.98 Å². The summed E-state index contributed by atoms with van der Waals surface area (Å²) >= 11 is 6.13. The molecule has 0 spiro atoms. The lowest BCUT2D eigenvalue weighted by Gasteiger charge is -2.28. The summed E-state index contributed by atoms with van der Waals surface area (Å²) in [6.07, 6.45) is 0.689. The van der Waals surface area contributed by atoms with Gasteiger partial charge in [0.2, 0.25) is 0 Å². The van der Waals surface area contributed by atoms with Crippen molar-refractivity contribution < 1.29 is 15.3 Å². The van der Waals surface area contributed by atoms with Gasteiger partial charge in [-0.05, 0) is 42.7 Å². The summed E-state index contributed by atoms with van der Waals surface area (Å²) < 4.78 is 0. The molecule has 0 aliphatic rings. The minimum atomic E-state index is -0.817. The van der Waals surface area contributed by atoms with Crippen molar-refractivity contribution in [2.24, 2.45) is 10.7 Å². The third kappa shape index (κ3) is 4.79. The molecule has 3 aromatic carbocycles. The first-order valence-electron chi connectivity index (χ1n) is 10.7.